The van der Waals surface area contributed by atoms with Crippen molar-refractivity contribution >= 4 is 5.69 Å². The van der Waals surface area contributed by atoms with Gasteiger partial charge in [0.1, 0.15) is 5.69 Å². The predicted octanol–water partition coefficient (Wildman–Crippen LogP) is 1.27. The Morgan fingerprint density at radius 3 is 2.41 bits per heavy atom. The van der Waals surface area contributed by atoms with Gasteiger partial charge in [0.25, 0.3) is 5.56 Å². The summed E-state index contributed by atoms with van der Waals surface area (Å²) in [4.78, 5) is 35.0. The molecule has 168 valence electrons. The highest BCUT2D eigenvalue weighted by Gasteiger charge is 2.25. The molecule has 1 aliphatic heterocycles. The fourth-order valence-corrected chi connectivity index (χ4v) is 4.26. The predicted molar refractivity (Wildman–Crippen MR) is 126 cm³/mol. The Labute approximate surface area is 187 Å². The summed E-state index contributed by atoms with van der Waals surface area (Å²) in [6.07, 6.45) is 3.66. The van der Waals surface area contributed by atoms with Crippen LogP contribution in [0.4, 0.5) is 5.69 Å². The van der Waals surface area contributed by atoms with Crippen LogP contribution in [0.15, 0.2) is 64.4 Å². The number of hydrogen-bond acceptors (Lipinski definition) is 6. The number of nitrogens with two attached hydrogens (primary N) is 1. The van der Waals surface area contributed by atoms with E-state index in [-0.39, 0.29) is 17.8 Å². The van der Waals surface area contributed by atoms with Crippen molar-refractivity contribution < 1.29 is 0 Å². The molecular formula is C24H30N6O2. The Morgan fingerprint density at radius 1 is 1.03 bits per heavy atom. The van der Waals surface area contributed by atoms with Crippen molar-refractivity contribution in [3.63, 3.8) is 0 Å². The minimum atomic E-state index is -0.437. The fraction of sp³-hybridized carbons (Fsp3) is 0.375. The Hall–Kier alpha value is -3.23. The van der Waals surface area contributed by atoms with Crippen LogP contribution in [0.3, 0.4) is 0 Å². The summed E-state index contributed by atoms with van der Waals surface area (Å²) in [7, 11) is 1.71. The summed E-state index contributed by atoms with van der Waals surface area (Å²) in [5.41, 5.74) is 9.09. The maximum absolute atomic E-state index is 13.4. The van der Waals surface area contributed by atoms with E-state index in [2.05, 4.69) is 20.9 Å². The molecule has 1 fully saturated rings. The van der Waals surface area contributed by atoms with Gasteiger partial charge < -0.3 is 10.6 Å². The van der Waals surface area contributed by atoms with Gasteiger partial charge in [0.05, 0.1) is 6.54 Å². The number of pyridine rings is 1. The van der Waals surface area contributed by atoms with Crippen LogP contribution in [0.2, 0.25) is 0 Å². The number of benzene rings is 1. The Bertz CT molecular complexity index is 1160. The van der Waals surface area contributed by atoms with Crippen LogP contribution in [0.25, 0.3) is 0 Å². The average Bonchev–Trinajstić information content (AvgIpc) is 2.83. The first-order valence-corrected chi connectivity index (χ1v) is 10.9. The van der Waals surface area contributed by atoms with Gasteiger partial charge in [-0.15, -0.1) is 0 Å². The van der Waals surface area contributed by atoms with Crippen molar-refractivity contribution in [3.8, 4) is 0 Å². The van der Waals surface area contributed by atoms with E-state index in [1.54, 1.807) is 17.8 Å². The molecule has 1 atom stereocenters. The summed E-state index contributed by atoms with van der Waals surface area (Å²) in [6, 6.07) is 13.1. The van der Waals surface area contributed by atoms with Crippen LogP contribution in [-0.4, -0.2) is 45.2 Å². The van der Waals surface area contributed by atoms with E-state index in [0.717, 1.165) is 38.3 Å². The molecule has 4 rings (SSSR count). The van der Waals surface area contributed by atoms with Gasteiger partial charge in [0.15, 0.2) is 0 Å². The van der Waals surface area contributed by atoms with E-state index in [9.17, 15) is 9.59 Å². The highest BCUT2D eigenvalue weighted by Crippen LogP contribution is 2.18. The van der Waals surface area contributed by atoms with Crippen molar-refractivity contribution in [1.82, 2.24) is 19.0 Å². The molecule has 0 aliphatic carbocycles. The largest absolute Gasteiger partial charge is 0.363 e. The van der Waals surface area contributed by atoms with E-state index in [0.29, 0.717) is 11.4 Å². The SMILES string of the molecule is Cc1c(N2CCN(Cc3cccnc3)CC2)c(=O)n(CC(N)c2ccccc2)c(=O)n1C. The van der Waals surface area contributed by atoms with Gasteiger partial charge in [-0.1, -0.05) is 36.4 Å². The van der Waals surface area contributed by atoms with Gasteiger partial charge in [-0.05, 0) is 24.1 Å². The van der Waals surface area contributed by atoms with Gasteiger partial charge in [-0.25, -0.2) is 4.79 Å². The smallest absolute Gasteiger partial charge is 0.331 e. The summed E-state index contributed by atoms with van der Waals surface area (Å²) >= 11 is 0. The maximum Gasteiger partial charge on any atom is 0.331 e. The summed E-state index contributed by atoms with van der Waals surface area (Å²) in [5, 5.41) is 0. The normalized spacial score (nSPS) is 15.7. The molecule has 32 heavy (non-hydrogen) atoms. The van der Waals surface area contributed by atoms with Crippen molar-refractivity contribution in [1.29, 1.82) is 0 Å². The number of piperazine rings is 1. The van der Waals surface area contributed by atoms with E-state index in [4.69, 9.17) is 5.73 Å². The van der Waals surface area contributed by atoms with Crippen molar-refractivity contribution in [2.24, 2.45) is 12.8 Å². The molecular weight excluding hydrogens is 404 g/mol. The van der Waals surface area contributed by atoms with Crippen molar-refractivity contribution in [3.05, 3.63) is 92.5 Å². The molecule has 0 bridgehead atoms. The molecule has 0 saturated carbocycles. The third-order valence-electron chi connectivity index (χ3n) is 6.24. The lowest BCUT2D eigenvalue weighted by Crippen LogP contribution is -2.51. The second kappa shape index (κ2) is 9.50. The number of nitrogens with zero attached hydrogens (tertiary/aromatic N) is 5. The second-order valence-corrected chi connectivity index (χ2v) is 8.33. The zero-order valence-corrected chi connectivity index (χ0v) is 18.6. The van der Waals surface area contributed by atoms with Gasteiger partial charge in [0.2, 0.25) is 0 Å². The van der Waals surface area contributed by atoms with Crippen LogP contribution in [-0.2, 0) is 20.1 Å². The molecule has 2 N–H and O–H groups in total. The zero-order chi connectivity index (χ0) is 22.7. The summed E-state index contributed by atoms with van der Waals surface area (Å²) in [5.74, 6) is 0. The lowest BCUT2D eigenvalue weighted by molar-refractivity contribution is 0.249. The Kier molecular flexibility index (Phi) is 6.53. The number of aromatic nitrogens is 3. The minimum absolute atomic E-state index is 0.143. The lowest BCUT2D eigenvalue weighted by Gasteiger charge is -2.36. The molecule has 0 radical (unpaired) electrons. The molecule has 0 spiro atoms. The third-order valence-corrected chi connectivity index (χ3v) is 6.24. The second-order valence-electron chi connectivity index (χ2n) is 8.33. The van der Waals surface area contributed by atoms with E-state index < -0.39 is 6.04 Å². The van der Waals surface area contributed by atoms with Gasteiger partial charge in [-0.2, -0.15) is 0 Å². The molecule has 3 aromatic rings. The first kappa shape index (κ1) is 22.0. The van der Waals surface area contributed by atoms with Gasteiger partial charge >= 0.3 is 5.69 Å². The fourth-order valence-electron chi connectivity index (χ4n) is 4.26. The Morgan fingerprint density at radius 2 is 1.75 bits per heavy atom. The molecule has 1 aromatic carbocycles. The molecule has 8 heteroatoms. The number of rotatable bonds is 6. The molecule has 1 unspecified atom stereocenters. The molecule has 0 amide bonds. The average molecular weight is 435 g/mol. The molecule has 3 heterocycles. The molecule has 1 aliphatic rings. The minimum Gasteiger partial charge on any atom is -0.363 e. The molecule has 8 nitrogen and oxygen atoms in total. The summed E-state index contributed by atoms with van der Waals surface area (Å²) < 4.78 is 2.83. The van der Waals surface area contributed by atoms with Crippen molar-refractivity contribution in [2.45, 2.75) is 26.1 Å². The van der Waals surface area contributed by atoms with Gasteiger partial charge in [-0.3, -0.25) is 23.8 Å². The highest BCUT2D eigenvalue weighted by molar-refractivity contribution is 5.49. The zero-order valence-electron chi connectivity index (χ0n) is 18.6. The van der Waals surface area contributed by atoms with Crippen LogP contribution in [0.5, 0.6) is 0 Å². The van der Waals surface area contributed by atoms with Crippen LogP contribution in [0.1, 0.15) is 22.9 Å². The van der Waals surface area contributed by atoms with E-state index in [1.165, 1.54) is 10.1 Å². The Balaban J connectivity index is 1.55. The summed E-state index contributed by atoms with van der Waals surface area (Å²) in [6.45, 7) is 5.92. The van der Waals surface area contributed by atoms with Gasteiger partial charge in [0, 0.05) is 63.9 Å². The molecule has 1 saturated heterocycles. The van der Waals surface area contributed by atoms with Crippen LogP contribution < -0.4 is 21.9 Å². The van der Waals surface area contributed by atoms with E-state index in [1.807, 2.05) is 49.5 Å². The maximum atomic E-state index is 13.4. The quantitative estimate of drug-likeness (QED) is 0.629. The highest BCUT2D eigenvalue weighted by atomic mass is 16.2. The monoisotopic (exact) mass is 434 g/mol. The van der Waals surface area contributed by atoms with Crippen LogP contribution >= 0.6 is 0 Å². The first-order valence-electron chi connectivity index (χ1n) is 10.9. The third kappa shape index (κ3) is 4.51. The van der Waals surface area contributed by atoms with E-state index >= 15 is 0 Å². The lowest BCUT2D eigenvalue weighted by atomic mass is 10.1. The number of anilines is 1. The first-order chi connectivity index (χ1) is 15.5. The van der Waals surface area contributed by atoms with Crippen LogP contribution in [0, 0.1) is 6.92 Å². The topological polar surface area (TPSA) is 89.4 Å². The van der Waals surface area contributed by atoms with Crippen molar-refractivity contribution in [2.75, 3.05) is 31.1 Å². The molecule has 2 aromatic heterocycles. The standard InChI is InChI=1S/C24H30N6O2/c1-18-22(29-13-11-28(12-14-29)16-19-7-6-10-26-15-19)23(31)30(24(32)27(18)2)17-21(25)20-8-4-3-5-9-20/h3-10,15,21H,11-14,16-17,25H2,1-2H3. The number of hydrogen-bond donors (Lipinski definition) is 1.